The van der Waals surface area contributed by atoms with Crippen molar-refractivity contribution in [2.45, 2.75) is 20.4 Å². The molecular weight excluding hydrogens is 382 g/mol. The van der Waals surface area contributed by atoms with Crippen molar-refractivity contribution in [3.63, 3.8) is 0 Å². The Morgan fingerprint density at radius 3 is 2.83 bits per heavy atom. The molecule has 0 unspecified atom stereocenters. The number of hydrogen-bond donors (Lipinski definition) is 2. The number of nitrogens with zero attached hydrogens (tertiary/aromatic N) is 3. The lowest BCUT2D eigenvalue weighted by Gasteiger charge is -2.10. The van der Waals surface area contributed by atoms with Crippen LogP contribution in [0.3, 0.4) is 0 Å². The fourth-order valence-electron chi connectivity index (χ4n) is 3.51. The van der Waals surface area contributed by atoms with Gasteiger partial charge in [-0.3, -0.25) is 4.79 Å². The van der Waals surface area contributed by atoms with Crippen molar-refractivity contribution in [2.75, 3.05) is 19.4 Å². The van der Waals surface area contributed by atoms with Gasteiger partial charge >= 0.3 is 0 Å². The van der Waals surface area contributed by atoms with Crippen LogP contribution in [0.25, 0.3) is 22.2 Å². The zero-order valence-electron chi connectivity index (χ0n) is 17.1. The smallest absolute Gasteiger partial charge is 0.257 e. The third-order valence-corrected chi connectivity index (χ3v) is 4.98. The van der Waals surface area contributed by atoms with Crippen molar-refractivity contribution in [1.82, 2.24) is 20.0 Å². The average molecular weight is 405 g/mol. The predicted octanol–water partition coefficient (Wildman–Crippen LogP) is 3.06. The molecule has 0 spiro atoms. The highest BCUT2D eigenvalue weighted by atomic mass is 16.5. The van der Waals surface area contributed by atoms with E-state index in [1.165, 1.54) is 0 Å². The molecule has 2 aromatic carbocycles. The van der Waals surface area contributed by atoms with E-state index in [0.717, 1.165) is 39.2 Å². The van der Waals surface area contributed by atoms with Gasteiger partial charge in [-0.15, -0.1) is 0 Å². The van der Waals surface area contributed by atoms with E-state index in [4.69, 9.17) is 15.0 Å². The summed E-state index contributed by atoms with van der Waals surface area (Å²) in [5, 5.41) is 6.58. The van der Waals surface area contributed by atoms with E-state index in [2.05, 4.69) is 21.5 Å². The summed E-state index contributed by atoms with van der Waals surface area (Å²) in [7, 11) is 1.58. The number of amides is 1. The normalized spacial score (nSPS) is 11.0. The van der Waals surface area contributed by atoms with Crippen molar-refractivity contribution < 1.29 is 14.1 Å². The Labute approximate surface area is 173 Å². The summed E-state index contributed by atoms with van der Waals surface area (Å²) in [4.78, 5) is 15.9. The van der Waals surface area contributed by atoms with Crippen LogP contribution in [-0.4, -0.2) is 34.3 Å². The number of carbonyl (C=O) groups is 1. The summed E-state index contributed by atoms with van der Waals surface area (Å²) in [5.74, 6) is 1.21. The molecule has 2 heterocycles. The molecule has 1 amide bonds. The van der Waals surface area contributed by atoms with Gasteiger partial charge in [-0.1, -0.05) is 17.3 Å². The Bertz CT molecular complexity index is 1210. The number of benzene rings is 2. The molecule has 0 aliphatic rings. The maximum Gasteiger partial charge on any atom is 0.257 e. The molecule has 2 aromatic heterocycles. The first-order valence-corrected chi connectivity index (χ1v) is 9.56. The van der Waals surface area contributed by atoms with Crippen molar-refractivity contribution >= 4 is 22.6 Å². The number of nitrogen functional groups attached to an aromatic ring is 1. The van der Waals surface area contributed by atoms with E-state index in [9.17, 15) is 4.79 Å². The van der Waals surface area contributed by atoms with Crippen molar-refractivity contribution in [3.8, 4) is 16.9 Å². The van der Waals surface area contributed by atoms with Crippen LogP contribution in [0, 0.1) is 13.8 Å². The average Bonchev–Trinajstić information content (AvgIpc) is 3.29. The van der Waals surface area contributed by atoms with Gasteiger partial charge in [0.15, 0.2) is 6.61 Å². The van der Waals surface area contributed by atoms with Crippen LogP contribution in [0.4, 0.5) is 5.69 Å². The van der Waals surface area contributed by atoms with Crippen LogP contribution in [0.1, 0.15) is 17.0 Å². The summed E-state index contributed by atoms with van der Waals surface area (Å²) in [6.07, 6.45) is 1.77. The van der Waals surface area contributed by atoms with Crippen LogP contribution in [0.2, 0.25) is 0 Å². The van der Waals surface area contributed by atoms with Gasteiger partial charge in [0, 0.05) is 19.2 Å². The topological polar surface area (TPSA) is 108 Å². The van der Waals surface area contributed by atoms with Gasteiger partial charge < -0.3 is 24.9 Å². The number of carbonyl (C=O) groups excluding carboxylic acids is 1. The summed E-state index contributed by atoms with van der Waals surface area (Å²) < 4.78 is 12.9. The fraction of sp³-hybridized carbons (Fsp3) is 0.227. The van der Waals surface area contributed by atoms with Crippen molar-refractivity contribution in [2.24, 2.45) is 0 Å². The van der Waals surface area contributed by atoms with E-state index in [1.54, 1.807) is 13.4 Å². The predicted molar refractivity (Wildman–Crippen MR) is 114 cm³/mol. The van der Waals surface area contributed by atoms with E-state index >= 15 is 0 Å². The molecule has 0 atom stereocenters. The van der Waals surface area contributed by atoms with Crippen LogP contribution < -0.4 is 15.8 Å². The summed E-state index contributed by atoms with van der Waals surface area (Å²) >= 11 is 0. The molecule has 30 heavy (non-hydrogen) atoms. The zero-order valence-corrected chi connectivity index (χ0v) is 17.1. The molecule has 0 aliphatic heterocycles. The van der Waals surface area contributed by atoms with Gasteiger partial charge in [-0.25, -0.2) is 4.98 Å². The number of anilines is 1. The zero-order chi connectivity index (χ0) is 21.3. The second kappa shape index (κ2) is 7.90. The largest absolute Gasteiger partial charge is 0.484 e. The number of aryl methyl sites for hydroxylation is 2. The highest BCUT2D eigenvalue weighted by molar-refractivity contribution is 5.92. The Kier molecular flexibility index (Phi) is 5.14. The number of fused-ring (bicyclic) bond motifs is 1. The quantitative estimate of drug-likeness (QED) is 0.477. The van der Waals surface area contributed by atoms with Crippen LogP contribution in [0.15, 0.2) is 47.2 Å². The Morgan fingerprint density at radius 2 is 2.10 bits per heavy atom. The fourth-order valence-corrected chi connectivity index (χ4v) is 3.51. The molecule has 0 aliphatic carbocycles. The van der Waals surface area contributed by atoms with E-state index in [0.29, 0.717) is 18.0 Å². The standard InChI is InChI=1S/C22H23N5O3/c1-13-21(14(2)30-26-13)16-8-18(23)22-19(9-16)27(12-25-22)10-15-5-4-6-17(7-15)29-11-20(28)24-3/h4-9,12H,10-11,23H2,1-3H3,(H,24,28). The van der Waals surface area contributed by atoms with Gasteiger partial charge in [0.1, 0.15) is 17.0 Å². The number of imidazole rings is 1. The van der Waals surface area contributed by atoms with Crippen molar-refractivity contribution in [1.29, 1.82) is 0 Å². The first-order chi connectivity index (χ1) is 14.5. The second-order valence-electron chi connectivity index (χ2n) is 7.11. The van der Waals surface area contributed by atoms with Crippen LogP contribution >= 0.6 is 0 Å². The molecule has 4 aromatic rings. The van der Waals surface area contributed by atoms with Crippen molar-refractivity contribution in [3.05, 3.63) is 59.7 Å². The molecule has 0 saturated heterocycles. The maximum absolute atomic E-state index is 11.4. The minimum Gasteiger partial charge on any atom is -0.484 e. The molecule has 4 rings (SSSR count). The van der Waals surface area contributed by atoms with Gasteiger partial charge in [0.05, 0.1) is 23.2 Å². The first kappa shape index (κ1) is 19.5. The number of nitrogens with one attached hydrogen (secondary N) is 1. The van der Waals surface area contributed by atoms with E-state index in [-0.39, 0.29) is 12.5 Å². The molecule has 0 radical (unpaired) electrons. The molecule has 8 heteroatoms. The first-order valence-electron chi connectivity index (χ1n) is 9.56. The summed E-state index contributed by atoms with van der Waals surface area (Å²) in [5.41, 5.74) is 12.3. The van der Waals surface area contributed by atoms with Gasteiger partial charge in [0.25, 0.3) is 5.91 Å². The Balaban J connectivity index is 1.66. The van der Waals surface area contributed by atoms with E-state index < -0.39 is 0 Å². The number of rotatable bonds is 6. The van der Waals surface area contributed by atoms with Gasteiger partial charge in [0.2, 0.25) is 0 Å². The Hall–Kier alpha value is -3.81. The third-order valence-electron chi connectivity index (χ3n) is 4.98. The lowest BCUT2D eigenvalue weighted by atomic mass is 10.0. The highest BCUT2D eigenvalue weighted by Crippen LogP contribution is 2.32. The maximum atomic E-state index is 11.4. The number of ether oxygens (including phenoxy) is 1. The number of aromatic nitrogens is 3. The molecule has 0 bridgehead atoms. The molecule has 154 valence electrons. The lowest BCUT2D eigenvalue weighted by molar-refractivity contribution is -0.122. The lowest BCUT2D eigenvalue weighted by Crippen LogP contribution is -2.24. The number of likely N-dealkylation sites (N-methyl/N-ethyl adjacent to an activating group) is 1. The number of nitrogens with two attached hydrogens (primary N) is 1. The van der Waals surface area contributed by atoms with Gasteiger partial charge in [-0.05, 0) is 49.2 Å². The Morgan fingerprint density at radius 1 is 1.27 bits per heavy atom. The van der Waals surface area contributed by atoms with Crippen LogP contribution in [-0.2, 0) is 11.3 Å². The number of hydrogen-bond acceptors (Lipinski definition) is 6. The molecule has 0 fully saturated rings. The third kappa shape index (κ3) is 3.71. The van der Waals surface area contributed by atoms with Crippen LogP contribution in [0.5, 0.6) is 5.75 Å². The molecule has 8 nitrogen and oxygen atoms in total. The highest BCUT2D eigenvalue weighted by Gasteiger charge is 2.15. The second-order valence-corrected chi connectivity index (χ2v) is 7.11. The minimum absolute atomic E-state index is 0.0225. The monoisotopic (exact) mass is 405 g/mol. The molecule has 0 saturated carbocycles. The minimum atomic E-state index is -0.177. The molecular formula is C22H23N5O3. The summed E-state index contributed by atoms with van der Waals surface area (Å²) in [6, 6.07) is 11.6. The summed E-state index contributed by atoms with van der Waals surface area (Å²) in [6.45, 7) is 4.36. The van der Waals surface area contributed by atoms with E-state index in [1.807, 2.05) is 48.7 Å². The SMILES string of the molecule is CNC(=O)COc1cccc(Cn2cnc3c(N)cc(-c4c(C)noc4C)cc32)c1. The molecule has 3 N–H and O–H groups in total. The van der Waals surface area contributed by atoms with Gasteiger partial charge in [-0.2, -0.15) is 0 Å².